The maximum Gasteiger partial charge on any atom is 0.387 e. The molecule has 0 bridgehead atoms. The van der Waals surface area contributed by atoms with Gasteiger partial charge in [0.15, 0.2) is 0 Å². The molecule has 4 nitrogen and oxygen atoms in total. The van der Waals surface area contributed by atoms with Crippen molar-refractivity contribution in [2.24, 2.45) is 0 Å². The maximum absolute atomic E-state index is 12.1. The molecule has 0 aliphatic rings. The average Bonchev–Trinajstić information content (AvgIpc) is 2.46. The van der Waals surface area contributed by atoms with E-state index in [0.29, 0.717) is 12.2 Å². The highest BCUT2D eigenvalue weighted by Crippen LogP contribution is 2.19. The number of carbonyl (C=O) groups is 1. The topological polar surface area (TPSA) is 50.4 Å². The average molecular weight is 306 g/mol. The molecule has 0 atom stereocenters. The summed E-state index contributed by atoms with van der Waals surface area (Å²) < 4.78 is 28.6. The van der Waals surface area contributed by atoms with E-state index in [1.165, 1.54) is 18.2 Å². The zero-order valence-electron chi connectivity index (χ0n) is 12.0. The van der Waals surface area contributed by atoms with E-state index in [1.54, 1.807) is 6.07 Å². The first-order valence-corrected chi connectivity index (χ1v) is 6.69. The lowest BCUT2D eigenvalue weighted by molar-refractivity contribution is -0.0497. The van der Waals surface area contributed by atoms with Crippen LogP contribution in [0.3, 0.4) is 0 Å². The van der Waals surface area contributed by atoms with Crippen LogP contribution in [0.15, 0.2) is 48.5 Å². The molecule has 116 valence electrons. The third-order valence-corrected chi connectivity index (χ3v) is 3.02. The quantitative estimate of drug-likeness (QED) is 0.879. The Hall–Kier alpha value is -2.63. The number of benzene rings is 2. The Bertz CT molecular complexity index is 648. The van der Waals surface area contributed by atoms with Gasteiger partial charge in [0.05, 0.1) is 0 Å². The predicted octanol–water partition coefficient (Wildman–Crippen LogP) is 3.92. The van der Waals surface area contributed by atoms with Crippen LogP contribution in [0.5, 0.6) is 5.75 Å². The number of nitrogens with one attached hydrogen (secondary N) is 2. The lowest BCUT2D eigenvalue weighted by Crippen LogP contribution is -2.28. The molecule has 0 spiro atoms. The normalized spacial score (nSPS) is 10.4. The van der Waals surface area contributed by atoms with Gasteiger partial charge in [0.2, 0.25) is 0 Å². The van der Waals surface area contributed by atoms with E-state index in [-0.39, 0.29) is 5.75 Å². The van der Waals surface area contributed by atoms with E-state index in [4.69, 9.17) is 0 Å². The highest BCUT2D eigenvalue weighted by atomic mass is 19.3. The Morgan fingerprint density at radius 1 is 1.18 bits per heavy atom. The third-order valence-electron chi connectivity index (χ3n) is 3.02. The molecule has 2 rings (SSSR count). The first kappa shape index (κ1) is 15.8. The minimum Gasteiger partial charge on any atom is -0.435 e. The fourth-order valence-corrected chi connectivity index (χ4v) is 1.91. The molecule has 0 fully saturated rings. The highest BCUT2D eigenvalue weighted by molar-refractivity contribution is 5.89. The van der Waals surface area contributed by atoms with Gasteiger partial charge in [0, 0.05) is 18.3 Å². The van der Waals surface area contributed by atoms with Crippen molar-refractivity contribution in [3.63, 3.8) is 0 Å². The van der Waals surface area contributed by atoms with Crippen LogP contribution in [-0.4, -0.2) is 12.6 Å². The Morgan fingerprint density at radius 3 is 2.68 bits per heavy atom. The smallest absolute Gasteiger partial charge is 0.387 e. The van der Waals surface area contributed by atoms with E-state index in [1.807, 2.05) is 31.2 Å². The number of hydrogen-bond acceptors (Lipinski definition) is 2. The number of ether oxygens (including phenoxy) is 1. The van der Waals surface area contributed by atoms with Crippen LogP contribution in [0.4, 0.5) is 19.3 Å². The Kier molecular flexibility index (Phi) is 5.30. The molecule has 0 aliphatic heterocycles. The first-order valence-electron chi connectivity index (χ1n) is 6.69. The molecule has 0 aliphatic carbocycles. The molecule has 22 heavy (non-hydrogen) atoms. The number of alkyl halides is 2. The molecule has 2 N–H and O–H groups in total. The molecule has 2 aromatic rings. The van der Waals surface area contributed by atoms with Gasteiger partial charge in [-0.05, 0) is 30.2 Å². The SMILES string of the molecule is Cc1ccccc1CNC(=O)Nc1cccc(OC(F)F)c1. The van der Waals surface area contributed by atoms with Crippen molar-refractivity contribution >= 4 is 11.7 Å². The third kappa shape index (κ3) is 4.73. The summed E-state index contributed by atoms with van der Waals surface area (Å²) in [4.78, 5) is 11.8. The van der Waals surface area contributed by atoms with Crippen molar-refractivity contribution < 1.29 is 18.3 Å². The molecule has 2 amide bonds. The van der Waals surface area contributed by atoms with Crippen LogP contribution in [0.1, 0.15) is 11.1 Å². The minimum atomic E-state index is -2.90. The van der Waals surface area contributed by atoms with Gasteiger partial charge < -0.3 is 15.4 Å². The molecule has 2 aromatic carbocycles. The van der Waals surface area contributed by atoms with Crippen molar-refractivity contribution in [1.82, 2.24) is 5.32 Å². The molecule has 0 heterocycles. The van der Waals surface area contributed by atoms with Crippen LogP contribution >= 0.6 is 0 Å². The molecule has 0 saturated carbocycles. The lowest BCUT2D eigenvalue weighted by Gasteiger charge is -2.10. The van der Waals surface area contributed by atoms with Gasteiger partial charge in [-0.15, -0.1) is 0 Å². The van der Waals surface area contributed by atoms with Crippen LogP contribution < -0.4 is 15.4 Å². The van der Waals surface area contributed by atoms with Crippen molar-refractivity contribution in [3.05, 3.63) is 59.7 Å². The second-order valence-electron chi connectivity index (χ2n) is 4.64. The molecule has 6 heteroatoms. The van der Waals surface area contributed by atoms with E-state index in [9.17, 15) is 13.6 Å². The molecule has 0 unspecified atom stereocenters. The van der Waals surface area contributed by atoms with Gasteiger partial charge in [-0.2, -0.15) is 8.78 Å². The number of hydrogen-bond donors (Lipinski definition) is 2. The Morgan fingerprint density at radius 2 is 1.95 bits per heavy atom. The van der Waals surface area contributed by atoms with Gasteiger partial charge in [0.25, 0.3) is 0 Å². The fraction of sp³-hybridized carbons (Fsp3) is 0.188. The zero-order valence-corrected chi connectivity index (χ0v) is 12.0. The standard InChI is InChI=1S/C16H16F2N2O2/c1-11-5-2-3-6-12(11)10-19-16(21)20-13-7-4-8-14(9-13)22-15(17)18/h2-9,15H,10H2,1H3,(H2,19,20,21). The second-order valence-corrected chi connectivity index (χ2v) is 4.64. The summed E-state index contributed by atoms with van der Waals surface area (Å²) in [5.41, 5.74) is 2.46. The van der Waals surface area contributed by atoms with Gasteiger partial charge in [-0.25, -0.2) is 4.79 Å². The molecule has 0 aromatic heterocycles. The number of amides is 2. The van der Waals surface area contributed by atoms with Crippen LogP contribution in [0.25, 0.3) is 0 Å². The van der Waals surface area contributed by atoms with Gasteiger partial charge >= 0.3 is 12.6 Å². The predicted molar refractivity (Wildman–Crippen MR) is 80.1 cm³/mol. The van der Waals surface area contributed by atoms with E-state index >= 15 is 0 Å². The summed E-state index contributed by atoms with van der Waals surface area (Å²) in [6.07, 6.45) is 0. The fourth-order valence-electron chi connectivity index (χ4n) is 1.91. The van der Waals surface area contributed by atoms with Crippen molar-refractivity contribution in [2.75, 3.05) is 5.32 Å². The van der Waals surface area contributed by atoms with Crippen molar-refractivity contribution in [1.29, 1.82) is 0 Å². The Labute approximate surface area is 127 Å². The summed E-state index contributed by atoms with van der Waals surface area (Å²) in [5, 5.41) is 5.28. The second kappa shape index (κ2) is 7.40. The van der Waals surface area contributed by atoms with Gasteiger partial charge in [0.1, 0.15) is 5.75 Å². The zero-order chi connectivity index (χ0) is 15.9. The summed E-state index contributed by atoms with van der Waals surface area (Å²) in [6.45, 7) is -0.559. The largest absolute Gasteiger partial charge is 0.435 e. The number of halogens is 2. The number of aryl methyl sites for hydroxylation is 1. The summed E-state index contributed by atoms with van der Waals surface area (Å²) >= 11 is 0. The van der Waals surface area contributed by atoms with E-state index in [2.05, 4.69) is 15.4 Å². The molecule has 0 radical (unpaired) electrons. The first-order chi connectivity index (χ1) is 10.5. The number of rotatable bonds is 5. The highest BCUT2D eigenvalue weighted by Gasteiger charge is 2.07. The molecular weight excluding hydrogens is 290 g/mol. The summed E-state index contributed by atoms with van der Waals surface area (Å²) in [6, 6.07) is 13.1. The Balaban J connectivity index is 1.91. The van der Waals surface area contributed by atoms with Gasteiger partial charge in [-0.3, -0.25) is 0 Å². The molecular formula is C16H16F2N2O2. The number of urea groups is 1. The summed E-state index contributed by atoms with van der Waals surface area (Å²) in [7, 11) is 0. The lowest BCUT2D eigenvalue weighted by atomic mass is 10.1. The molecule has 0 saturated heterocycles. The van der Waals surface area contributed by atoms with Crippen LogP contribution in [-0.2, 0) is 6.54 Å². The minimum absolute atomic E-state index is 0.00768. The number of anilines is 1. The van der Waals surface area contributed by atoms with E-state index < -0.39 is 12.6 Å². The van der Waals surface area contributed by atoms with Crippen molar-refractivity contribution in [2.45, 2.75) is 20.1 Å². The maximum atomic E-state index is 12.1. The monoisotopic (exact) mass is 306 g/mol. The van der Waals surface area contributed by atoms with Crippen molar-refractivity contribution in [3.8, 4) is 5.75 Å². The van der Waals surface area contributed by atoms with E-state index in [0.717, 1.165) is 11.1 Å². The van der Waals surface area contributed by atoms with Crippen LogP contribution in [0.2, 0.25) is 0 Å². The van der Waals surface area contributed by atoms with Gasteiger partial charge in [-0.1, -0.05) is 30.3 Å². The number of carbonyl (C=O) groups excluding carboxylic acids is 1. The van der Waals surface area contributed by atoms with Crippen LogP contribution in [0, 0.1) is 6.92 Å². The summed E-state index contributed by atoms with van der Waals surface area (Å²) in [5.74, 6) is -0.00768.